The monoisotopic (exact) mass is 319 g/mol. The highest BCUT2D eigenvalue weighted by molar-refractivity contribution is 6.35. The Hall–Kier alpha value is -1.85. The summed E-state index contributed by atoms with van der Waals surface area (Å²) in [7, 11) is 4.12. The SMILES string of the molecule is CN(C)C1CCCN1c1ccc2c(C(=O)O)c(Cl)ccc2n1. The molecule has 0 radical (unpaired) electrons. The van der Waals surface area contributed by atoms with E-state index in [1.165, 1.54) is 0 Å². The Morgan fingerprint density at radius 1 is 1.36 bits per heavy atom. The summed E-state index contributed by atoms with van der Waals surface area (Å²) >= 11 is 6.00. The van der Waals surface area contributed by atoms with E-state index in [4.69, 9.17) is 11.6 Å². The number of fused-ring (bicyclic) bond motifs is 1. The first kappa shape index (κ1) is 15.1. The lowest BCUT2D eigenvalue weighted by Gasteiger charge is -2.30. The first-order valence-corrected chi connectivity index (χ1v) is 7.62. The molecular formula is C16H18ClN3O2. The number of pyridine rings is 1. The van der Waals surface area contributed by atoms with Gasteiger partial charge in [0.2, 0.25) is 0 Å². The van der Waals surface area contributed by atoms with Gasteiger partial charge in [-0.3, -0.25) is 4.90 Å². The molecule has 2 aromatic rings. The van der Waals surface area contributed by atoms with Crippen molar-refractivity contribution in [1.29, 1.82) is 0 Å². The van der Waals surface area contributed by atoms with E-state index in [9.17, 15) is 9.90 Å². The van der Waals surface area contributed by atoms with Crippen molar-refractivity contribution >= 4 is 34.3 Å². The topological polar surface area (TPSA) is 56.7 Å². The molecule has 0 saturated carbocycles. The maximum atomic E-state index is 11.4. The lowest BCUT2D eigenvalue weighted by atomic mass is 10.1. The van der Waals surface area contributed by atoms with Crippen molar-refractivity contribution in [1.82, 2.24) is 9.88 Å². The number of hydrogen-bond donors (Lipinski definition) is 1. The van der Waals surface area contributed by atoms with Gasteiger partial charge in [0, 0.05) is 11.9 Å². The summed E-state index contributed by atoms with van der Waals surface area (Å²) in [6, 6.07) is 7.05. The van der Waals surface area contributed by atoms with Crippen LogP contribution in [-0.2, 0) is 0 Å². The summed E-state index contributed by atoms with van der Waals surface area (Å²) in [5.41, 5.74) is 0.771. The van der Waals surface area contributed by atoms with Gasteiger partial charge in [-0.15, -0.1) is 0 Å². The van der Waals surface area contributed by atoms with Gasteiger partial charge in [0.1, 0.15) is 5.82 Å². The molecule has 0 aliphatic carbocycles. The zero-order valence-electron chi connectivity index (χ0n) is 12.6. The van der Waals surface area contributed by atoms with Gasteiger partial charge in [-0.1, -0.05) is 11.6 Å². The molecule has 0 bridgehead atoms. The summed E-state index contributed by atoms with van der Waals surface area (Å²) < 4.78 is 0. The van der Waals surface area contributed by atoms with E-state index in [2.05, 4.69) is 28.9 Å². The van der Waals surface area contributed by atoms with Crippen LogP contribution >= 0.6 is 11.6 Å². The third-order valence-corrected chi connectivity index (χ3v) is 4.45. The fourth-order valence-corrected chi connectivity index (χ4v) is 3.34. The average Bonchev–Trinajstić information content (AvgIpc) is 2.95. The molecule has 1 saturated heterocycles. The van der Waals surface area contributed by atoms with Crippen molar-refractivity contribution in [2.24, 2.45) is 0 Å². The largest absolute Gasteiger partial charge is 0.478 e. The first-order chi connectivity index (χ1) is 10.5. The number of rotatable bonds is 3. The molecule has 0 spiro atoms. The van der Waals surface area contributed by atoms with E-state index in [1.54, 1.807) is 18.2 Å². The summed E-state index contributed by atoms with van der Waals surface area (Å²) in [6.07, 6.45) is 2.56. The Morgan fingerprint density at radius 2 is 2.14 bits per heavy atom. The molecule has 1 fully saturated rings. The summed E-state index contributed by atoms with van der Waals surface area (Å²) in [4.78, 5) is 20.5. The van der Waals surface area contributed by atoms with Crippen molar-refractivity contribution in [2.45, 2.75) is 19.0 Å². The van der Waals surface area contributed by atoms with Gasteiger partial charge in [-0.05, 0) is 51.2 Å². The highest BCUT2D eigenvalue weighted by Gasteiger charge is 2.27. The quantitative estimate of drug-likeness (QED) is 0.942. The maximum Gasteiger partial charge on any atom is 0.337 e. The Balaban J connectivity index is 2.08. The fourth-order valence-electron chi connectivity index (χ4n) is 3.10. The Labute approximate surface area is 134 Å². The van der Waals surface area contributed by atoms with Gasteiger partial charge < -0.3 is 10.0 Å². The second-order valence-electron chi connectivity index (χ2n) is 5.74. The fraction of sp³-hybridized carbons (Fsp3) is 0.375. The van der Waals surface area contributed by atoms with Gasteiger partial charge in [-0.2, -0.15) is 0 Å². The molecule has 1 atom stereocenters. The minimum atomic E-state index is -1.03. The van der Waals surface area contributed by atoms with E-state index in [0.717, 1.165) is 25.2 Å². The van der Waals surface area contributed by atoms with Gasteiger partial charge in [0.25, 0.3) is 0 Å². The Morgan fingerprint density at radius 3 is 2.82 bits per heavy atom. The zero-order chi connectivity index (χ0) is 15.9. The van der Waals surface area contributed by atoms with Crippen molar-refractivity contribution in [3.05, 3.63) is 34.9 Å². The van der Waals surface area contributed by atoms with E-state index in [-0.39, 0.29) is 10.6 Å². The zero-order valence-corrected chi connectivity index (χ0v) is 13.3. The van der Waals surface area contributed by atoms with E-state index in [0.29, 0.717) is 17.1 Å². The van der Waals surface area contributed by atoms with Crippen LogP contribution in [0, 0.1) is 0 Å². The number of nitrogens with zero attached hydrogens (tertiary/aromatic N) is 3. The molecular weight excluding hydrogens is 302 g/mol. The van der Waals surface area contributed by atoms with Gasteiger partial charge in [0.05, 0.1) is 22.3 Å². The highest BCUT2D eigenvalue weighted by atomic mass is 35.5. The number of carbonyl (C=O) groups is 1. The van der Waals surface area contributed by atoms with Crippen molar-refractivity contribution in [3.63, 3.8) is 0 Å². The van der Waals surface area contributed by atoms with Gasteiger partial charge in [0.15, 0.2) is 0 Å². The van der Waals surface area contributed by atoms with Crippen molar-refractivity contribution < 1.29 is 9.90 Å². The number of anilines is 1. The minimum Gasteiger partial charge on any atom is -0.478 e. The summed E-state index contributed by atoms with van der Waals surface area (Å²) in [5.74, 6) is -0.153. The summed E-state index contributed by atoms with van der Waals surface area (Å²) in [5, 5.41) is 10.1. The second-order valence-corrected chi connectivity index (χ2v) is 6.15. The third-order valence-electron chi connectivity index (χ3n) is 4.13. The molecule has 1 unspecified atom stereocenters. The number of aromatic carboxylic acids is 1. The molecule has 1 aromatic carbocycles. The first-order valence-electron chi connectivity index (χ1n) is 7.24. The summed E-state index contributed by atoms with van der Waals surface area (Å²) in [6.45, 7) is 0.959. The van der Waals surface area contributed by atoms with Crippen LogP contribution < -0.4 is 4.90 Å². The molecule has 5 nitrogen and oxygen atoms in total. The Kier molecular flexibility index (Phi) is 3.93. The number of halogens is 1. The standard InChI is InChI=1S/C16H18ClN3O2/c1-19(2)14-4-3-9-20(14)13-8-5-10-12(18-13)7-6-11(17)15(10)16(21)22/h5-8,14H,3-4,9H2,1-2H3,(H,21,22). The molecule has 0 amide bonds. The van der Waals surface area contributed by atoms with Gasteiger partial charge in [-0.25, -0.2) is 9.78 Å². The van der Waals surface area contributed by atoms with Gasteiger partial charge >= 0.3 is 5.97 Å². The molecule has 6 heteroatoms. The van der Waals surface area contributed by atoms with Crippen LogP contribution in [0.5, 0.6) is 0 Å². The van der Waals surface area contributed by atoms with Crippen LogP contribution in [0.25, 0.3) is 10.9 Å². The molecule has 22 heavy (non-hydrogen) atoms. The van der Waals surface area contributed by atoms with E-state index < -0.39 is 5.97 Å². The number of benzene rings is 1. The molecule has 116 valence electrons. The minimum absolute atomic E-state index is 0.115. The lowest BCUT2D eigenvalue weighted by molar-refractivity contribution is 0.0699. The molecule has 1 N–H and O–H groups in total. The molecule has 2 heterocycles. The van der Waals surface area contributed by atoms with Crippen LogP contribution in [0.1, 0.15) is 23.2 Å². The Bertz CT molecular complexity index is 733. The lowest BCUT2D eigenvalue weighted by Crippen LogP contribution is -2.40. The van der Waals surface area contributed by atoms with Crippen LogP contribution in [-0.4, -0.2) is 47.8 Å². The number of hydrogen-bond acceptors (Lipinski definition) is 4. The molecule has 3 rings (SSSR count). The normalized spacial score (nSPS) is 18.4. The highest BCUT2D eigenvalue weighted by Crippen LogP contribution is 2.30. The van der Waals surface area contributed by atoms with Crippen LogP contribution in [0.3, 0.4) is 0 Å². The predicted molar refractivity (Wildman–Crippen MR) is 87.8 cm³/mol. The molecule has 1 aromatic heterocycles. The van der Waals surface area contributed by atoms with Crippen molar-refractivity contribution in [2.75, 3.05) is 25.5 Å². The average molecular weight is 320 g/mol. The van der Waals surface area contributed by atoms with E-state index in [1.807, 2.05) is 6.07 Å². The number of aromatic nitrogens is 1. The maximum absolute atomic E-state index is 11.4. The molecule has 1 aliphatic heterocycles. The van der Waals surface area contributed by atoms with Crippen LogP contribution in [0.4, 0.5) is 5.82 Å². The predicted octanol–water partition coefficient (Wildman–Crippen LogP) is 3.07. The number of carboxylic acid groups (broad SMARTS) is 1. The molecule has 1 aliphatic rings. The third kappa shape index (κ3) is 2.51. The van der Waals surface area contributed by atoms with E-state index >= 15 is 0 Å². The smallest absolute Gasteiger partial charge is 0.337 e. The van der Waals surface area contributed by atoms with Crippen molar-refractivity contribution in [3.8, 4) is 0 Å². The van der Waals surface area contributed by atoms with Crippen LogP contribution in [0.15, 0.2) is 24.3 Å². The van der Waals surface area contributed by atoms with Crippen LogP contribution in [0.2, 0.25) is 5.02 Å². The number of carboxylic acids is 1. The second kappa shape index (κ2) is 5.74.